The Hall–Kier alpha value is -0.910. The van der Waals surface area contributed by atoms with Gasteiger partial charge in [0.25, 0.3) is 0 Å². The molecule has 0 aliphatic heterocycles. The van der Waals surface area contributed by atoms with Gasteiger partial charge in [0.2, 0.25) is 10.0 Å². The highest BCUT2D eigenvalue weighted by atomic mass is 32.2. The van der Waals surface area contributed by atoms with Crippen LogP contribution in [0.2, 0.25) is 0 Å². The van der Waals surface area contributed by atoms with Gasteiger partial charge in [0.05, 0.1) is 5.75 Å². The maximum atomic E-state index is 11.5. The molecule has 1 aromatic rings. The lowest BCUT2D eigenvalue weighted by Crippen LogP contribution is -2.32. The molecule has 2 N–H and O–H groups in total. The van der Waals surface area contributed by atoms with Gasteiger partial charge in [0.15, 0.2) is 0 Å². The van der Waals surface area contributed by atoms with E-state index in [2.05, 4.69) is 42.1 Å². The fourth-order valence-corrected chi connectivity index (χ4v) is 2.82. The molecule has 5 heteroatoms. The fourth-order valence-electron chi connectivity index (χ4n) is 1.85. The normalized spacial score (nSPS) is 13.5. The molecule has 4 nitrogen and oxygen atoms in total. The molecule has 0 saturated heterocycles. The first kappa shape index (κ1) is 16.1. The van der Waals surface area contributed by atoms with Crippen LogP contribution in [0.4, 0.5) is 0 Å². The van der Waals surface area contributed by atoms with Crippen molar-refractivity contribution in [2.75, 3.05) is 18.8 Å². The van der Waals surface area contributed by atoms with Crippen LogP contribution in [0.25, 0.3) is 0 Å². The van der Waals surface area contributed by atoms with Crippen molar-refractivity contribution in [3.63, 3.8) is 0 Å². The van der Waals surface area contributed by atoms with E-state index >= 15 is 0 Å². The minimum atomic E-state index is -3.14. The molecule has 0 bridgehead atoms. The molecule has 0 spiro atoms. The van der Waals surface area contributed by atoms with E-state index in [4.69, 9.17) is 0 Å². The van der Waals surface area contributed by atoms with Gasteiger partial charge < -0.3 is 5.32 Å². The summed E-state index contributed by atoms with van der Waals surface area (Å²) in [4.78, 5) is 0. The molecule has 1 aromatic carbocycles. The summed E-state index contributed by atoms with van der Waals surface area (Å²) >= 11 is 0. The Morgan fingerprint density at radius 1 is 1.21 bits per heavy atom. The molecule has 1 unspecified atom stereocenters. The number of hydrogen-bond donors (Lipinski definition) is 2. The van der Waals surface area contributed by atoms with Gasteiger partial charge in [-0.15, -0.1) is 0 Å². The number of hydrogen-bond acceptors (Lipinski definition) is 3. The van der Waals surface area contributed by atoms with Crippen molar-refractivity contribution in [2.24, 2.45) is 0 Å². The lowest BCUT2D eigenvalue weighted by Gasteiger charge is -2.15. The van der Waals surface area contributed by atoms with E-state index in [0.717, 1.165) is 0 Å². The molecule has 0 fully saturated rings. The van der Waals surface area contributed by atoms with E-state index in [0.29, 0.717) is 13.1 Å². The zero-order valence-electron chi connectivity index (χ0n) is 12.2. The summed E-state index contributed by atoms with van der Waals surface area (Å²) in [5.74, 6) is 0.107. The molecule has 0 amide bonds. The number of rotatable bonds is 7. The van der Waals surface area contributed by atoms with E-state index in [1.165, 1.54) is 16.7 Å². The van der Waals surface area contributed by atoms with Gasteiger partial charge in [0.1, 0.15) is 0 Å². The zero-order valence-corrected chi connectivity index (χ0v) is 13.0. The summed E-state index contributed by atoms with van der Waals surface area (Å²) in [6.45, 7) is 8.88. The maximum Gasteiger partial charge on any atom is 0.212 e. The number of benzene rings is 1. The predicted molar refractivity (Wildman–Crippen MR) is 79.8 cm³/mol. The van der Waals surface area contributed by atoms with Crippen molar-refractivity contribution in [3.05, 3.63) is 34.9 Å². The molecular weight excluding hydrogens is 260 g/mol. The summed E-state index contributed by atoms with van der Waals surface area (Å²) in [6, 6.07) is 6.47. The van der Waals surface area contributed by atoms with Crippen molar-refractivity contribution in [1.82, 2.24) is 10.0 Å². The van der Waals surface area contributed by atoms with Gasteiger partial charge in [-0.25, -0.2) is 13.1 Å². The molecule has 0 radical (unpaired) electrons. The second-order valence-electron chi connectivity index (χ2n) is 4.84. The van der Waals surface area contributed by atoms with Crippen LogP contribution < -0.4 is 10.0 Å². The smallest absolute Gasteiger partial charge is 0.212 e. The van der Waals surface area contributed by atoms with Crippen molar-refractivity contribution in [2.45, 2.75) is 33.7 Å². The Morgan fingerprint density at radius 3 is 2.47 bits per heavy atom. The van der Waals surface area contributed by atoms with Crippen LogP contribution >= 0.6 is 0 Å². The van der Waals surface area contributed by atoms with E-state index in [-0.39, 0.29) is 11.8 Å². The van der Waals surface area contributed by atoms with Crippen LogP contribution in [-0.2, 0) is 10.0 Å². The highest BCUT2D eigenvalue weighted by Gasteiger charge is 2.10. The quantitative estimate of drug-likeness (QED) is 0.804. The van der Waals surface area contributed by atoms with Gasteiger partial charge in [0, 0.05) is 19.1 Å². The zero-order chi connectivity index (χ0) is 14.5. The van der Waals surface area contributed by atoms with Crippen molar-refractivity contribution in [1.29, 1.82) is 0 Å². The molecule has 0 heterocycles. The maximum absolute atomic E-state index is 11.5. The second-order valence-corrected chi connectivity index (χ2v) is 6.76. The van der Waals surface area contributed by atoms with Crippen LogP contribution in [0.1, 0.15) is 36.6 Å². The van der Waals surface area contributed by atoms with Gasteiger partial charge in [-0.05, 0) is 37.5 Å². The van der Waals surface area contributed by atoms with E-state index < -0.39 is 10.0 Å². The SMILES string of the molecule is CCNS(=O)(=O)CCNC(C)c1ccc(C)c(C)c1. The highest BCUT2D eigenvalue weighted by Crippen LogP contribution is 2.16. The minimum absolute atomic E-state index is 0.107. The van der Waals surface area contributed by atoms with Gasteiger partial charge in [-0.3, -0.25) is 0 Å². The van der Waals surface area contributed by atoms with Crippen molar-refractivity contribution < 1.29 is 8.42 Å². The number of sulfonamides is 1. The molecular formula is C14H24N2O2S. The third-order valence-corrected chi connectivity index (χ3v) is 4.69. The molecule has 0 aliphatic rings. The third-order valence-electron chi connectivity index (χ3n) is 3.22. The standard InChI is InChI=1S/C14H24N2O2S/c1-5-16-19(17,18)9-8-15-13(4)14-7-6-11(2)12(3)10-14/h6-7,10,13,15-16H,5,8-9H2,1-4H3. The van der Waals surface area contributed by atoms with Gasteiger partial charge in [-0.2, -0.15) is 0 Å². The van der Waals surface area contributed by atoms with Crippen LogP contribution in [0.5, 0.6) is 0 Å². The lowest BCUT2D eigenvalue weighted by molar-refractivity contribution is 0.564. The summed E-state index contributed by atoms with van der Waals surface area (Å²) in [5.41, 5.74) is 3.71. The van der Waals surface area contributed by atoms with E-state index in [1.807, 2.05) is 6.92 Å². The summed E-state index contributed by atoms with van der Waals surface area (Å²) < 4.78 is 25.5. The average Bonchev–Trinajstić information content (AvgIpc) is 2.32. The summed E-state index contributed by atoms with van der Waals surface area (Å²) in [6.07, 6.45) is 0. The molecule has 1 rings (SSSR count). The Labute approximate surface area is 116 Å². The third kappa shape index (κ3) is 5.30. The van der Waals surface area contributed by atoms with Gasteiger partial charge >= 0.3 is 0 Å². The average molecular weight is 284 g/mol. The Balaban J connectivity index is 2.51. The first-order chi connectivity index (χ1) is 8.85. The number of nitrogens with one attached hydrogen (secondary N) is 2. The van der Waals surface area contributed by atoms with E-state index in [9.17, 15) is 8.42 Å². The number of aryl methyl sites for hydroxylation is 2. The molecule has 1 atom stereocenters. The van der Waals surface area contributed by atoms with Gasteiger partial charge in [-0.1, -0.05) is 25.1 Å². The molecule has 19 heavy (non-hydrogen) atoms. The van der Waals surface area contributed by atoms with Crippen LogP contribution in [0.3, 0.4) is 0 Å². The second kappa shape index (κ2) is 7.03. The predicted octanol–water partition coefficient (Wildman–Crippen LogP) is 1.89. The van der Waals surface area contributed by atoms with Crippen LogP contribution in [-0.4, -0.2) is 27.3 Å². The van der Waals surface area contributed by atoms with Crippen molar-refractivity contribution >= 4 is 10.0 Å². The Bertz CT molecular complexity index is 512. The molecule has 0 saturated carbocycles. The summed E-state index contributed by atoms with van der Waals surface area (Å²) in [7, 11) is -3.14. The fraction of sp³-hybridized carbons (Fsp3) is 0.571. The first-order valence-electron chi connectivity index (χ1n) is 6.63. The Kier molecular flexibility index (Phi) is 5.97. The molecule has 108 valence electrons. The minimum Gasteiger partial charge on any atom is -0.309 e. The highest BCUT2D eigenvalue weighted by molar-refractivity contribution is 7.89. The van der Waals surface area contributed by atoms with Crippen LogP contribution in [0.15, 0.2) is 18.2 Å². The van der Waals surface area contributed by atoms with Crippen molar-refractivity contribution in [3.8, 4) is 0 Å². The summed E-state index contributed by atoms with van der Waals surface area (Å²) in [5, 5.41) is 3.24. The lowest BCUT2D eigenvalue weighted by atomic mass is 10.0. The monoisotopic (exact) mass is 284 g/mol. The van der Waals surface area contributed by atoms with Crippen LogP contribution in [0, 0.1) is 13.8 Å². The Morgan fingerprint density at radius 2 is 1.89 bits per heavy atom. The van der Waals surface area contributed by atoms with E-state index in [1.54, 1.807) is 6.92 Å². The topological polar surface area (TPSA) is 58.2 Å². The first-order valence-corrected chi connectivity index (χ1v) is 8.29. The molecule has 0 aromatic heterocycles. The largest absolute Gasteiger partial charge is 0.309 e. The molecule has 0 aliphatic carbocycles.